The molecule has 0 spiro atoms. The van der Waals surface area contributed by atoms with E-state index in [1.54, 1.807) is 0 Å². The number of hydrogen-bond donors (Lipinski definition) is 1. The van der Waals surface area contributed by atoms with Gasteiger partial charge in [-0.15, -0.1) is 0 Å². The lowest BCUT2D eigenvalue weighted by Crippen LogP contribution is -2.09. The Kier molecular flexibility index (Phi) is 2.74. The molecule has 0 heterocycles. The van der Waals surface area contributed by atoms with E-state index < -0.39 is 0 Å². The van der Waals surface area contributed by atoms with Gasteiger partial charge in [-0.25, -0.2) is 0 Å². The van der Waals surface area contributed by atoms with Crippen molar-refractivity contribution in [3.8, 4) is 0 Å². The van der Waals surface area contributed by atoms with E-state index in [2.05, 4.69) is 51.2 Å². The Balaban J connectivity index is 2.85. The van der Waals surface area contributed by atoms with Crippen LogP contribution >= 0.6 is 0 Å². The summed E-state index contributed by atoms with van der Waals surface area (Å²) in [5, 5.41) is 3.39. The molecule has 0 saturated heterocycles. The second-order valence-electron chi connectivity index (χ2n) is 3.68. The van der Waals surface area contributed by atoms with Crippen LogP contribution in [0.3, 0.4) is 0 Å². The Morgan fingerprint density at radius 3 is 1.92 bits per heavy atom. The van der Waals surface area contributed by atoms with Gasteiger partial charge in [0.2, 0.25) is 0 Å². The Hall–Kier alpha value is -0.980. The fourth-order valence-corrected chi connectivity index (χ4v) is 1.39. The van der Waals surface area contributed by atoms with E-state index in [1.807, 2.05) is 0 Å². The second-order valence-corrected chi connectivity index (χ2v) is 3.68. The molecule has 0 radical (unpaired) electrons. The van der Waals surface area contributed by atoms with Crippen LogP contribution in [0.25, 0.3) is 0 Å². The first kappa shape index (κ1) is 9.11. The van der Waals surface area contributed by atoms with Crippen molar-refractivity contribution in [3.05, 3.63) is 29.3 Å². The molecule has 0 atom stereocenters. The van der Waals surface area contributed by atoms with Crippen molar-refractivity contribution in [1.29, 1.82) is 0 Å². The normalized spacial score (nSPS) is 10.4. The zero-order valence-corrected chi connectivity index (χ0v) is 8.31. The van der Waals surface area contributed by atoms with Crippen LogP contribution in [0.2, 0.25) is 0 Å². The second kappa shape index (κ2) is 3.61. The van der Waals surface area contributed by atoms with Crippen LogP contribution in [0.15, 0.2) is 18.2 Å². The molecule has 1 nitrogen and oxygen atoms in total. The van der Waals surface area contributed by atoms with E-state index in [-0.39, 0.29) is 0 Å². The molecule has 0 fully saturated rings. The molecule has 1 rings (SSSR count). The van der Waals surface area contributed by atoms with Crippen molar-refractivity contribution in [1.82, 2.24) is 0 Å². The van der Waals surface area contributed by atoms with Gasteiger partial charge in [-0.1, -0.05) is 6.07 Å². The summed E-state index contributed by atoms with van der Waals surface area (Å²) < 4.78 is 0. The largest absolute Gasteiger partial charge is 0.383 e. The summed E-state index contributed by atoms with van der Waals surface area (Å²) in [6, 6.07) is 7.04. The number of benzene rings is 1. The Morgan fingerprint density at radius 1 is 1.00 bits per heavy atom. The predicted octanol–water partition coefficient (Wildman–Crippen LogP) is 3.12. The van der Waals surface area contributed by atoms with Crippen LogP contribution in [-0.2, 0) is 0 Å². The maximum Gasteiger partial charge on any atom is 0.0347 e. The summed E-state index contributed by atoms with van der Waals surface area (Å²) in [5.41, 5.74) is 3.86. The molecular formula is C11H17N. The van der Waals surface area contributed by atoms with Crippen LogP contribution in [0, 0.1) is 13.8 Å². The van der Waals surface area contributed by atoms with Gasteiger partial charge in [0, 0.05) is 11.7 Å². The SMILES string of the molecule is Cc1cc(C)cc(NC(C)C)c1. The third-order valence-corrected chi connectivity index (χ3v) is 1.68. The summed E-state index contributed by atoms with van der Waals surface area (Å²) in [6.45, 7) is 8.55. The van der Waals surface area contributed by atoms with E-state index in [0.717, 1.165) is 0 Å². The van der Waals surface area contributed by atoms with Crippen molar-refractivity contribution >= 4 is 5.69 Å². The van der Waals surface area contributed by atoms with Crippen molar-refractivity contribution in [3.63, 3.8) is 0 Å². The highest BCUT2D eigenvalue weighted by molar-refractivity contribution is 5.48. The maximum atomic E-state index is 3.39. The molecule has 1 aromatic carbocycles. The third-order valence-electron chi connectivity index (χ3n) is 1.68. The fourth-order valence-electron chi connectivity index (χ4n) is 1.39. The smallest absolute Gasteiger partial charge is 0.0347 e. The standard InChI is InChI=1S/C11H17N/c1-8(2)12-11-6-9(3)5-10(4)7-11/h5-8,12H,1-4H3. The lowest BCUT2D eigenvalue weighted by molar-refractivity contribution is 0.899. The minimum atomic E-state index is 0.506. The van der Waals surface area contributed by atoms with E-state index in [4.69, 9.17) is 0 Å². The molecule has 0 aliphatic carbocycles. The summed E-state index contributed by atoms with van der Waals surface area (Å²) >= 11 is 0. The van der Waals surface area contributed by atoms with Crippen molar-refractivity contribution in [2.24, 2.45) is 0 Å². The fraction of sp³-hybridized carbons (Fsp3) is 0.455. The number of hydrogen-bond acceptors (Lipinski definition) is 1. The van der Waals surface area contributed by atoms with Crippen LogP contribution in [0.4, 0.5) is 5.69 Å². The molecule has 0 aromatic heterocycles. The highest BCUT2D eigenvalue weighted by Crippen LogP contribution is 2.14. The molecule has 12 heavy (non-hydrogen) atoms. The lowest BCUT2D eigenvalue weighted by Gasteiger charge is -2.11. The molecule has 1 aromatic rings. The number of aryl methyl sites for hydroxylation is 2. The van der Waals surface area contributed by atoms with Gasteiger partial charge in [0.05, 0.1) is 0 Å². The molecule has 0 saturated carbocycles. The average Bonchev–Trinajstić information content (AvgIpc) is 1.81. The van der Waals surface area contributed by atoms with Gasteiger partial charge in [-0.2, -0.15) is 0 Å². The van der Waals surface area contributed by atoms with E-state index in [1.165, 1.54) is 16.8 Å². The highest BCUT2D eigenvalue weighted by atomic mass is 14.9. The van der Waals surface area contributed by atoms with E-state index in [0.29, 0.717) is 6.04 Å². The Labute approximate surface area is 74.8 Å². The Bertz CT molecular complexity index is 243. The van der Waals surface area contributed by atoms with Crippen LogP contribution in [-0.4, -0.2) is 6.04 Å². The maximum absolute atomic E-state index is 3.39. The molecule has 1 heteroatoms. The highest BCUT2D eigenvalue weighted by Gasteiger charge is 1.96. The Morgan fingerprint density at radius 2 is 1.50 bits per heavy atom. The first-order chi connectivity index (χ1) is 5.58. The minimum Gasteiger partial charge on any atom is -0.383 e. The predicted molar refractivity (Wildman–Crippen MR) is 54.7 cm³/mol. The number of anilines is 1. The summed E-state index contributed by atoms with van der Waals surface area (Å²) in [7, 11) is 0. The molecule has 1 N–H and O–H groups in total. The van der Waals surface area contributed by atoms with Gasteiger partial charge in [-0.05, 0) is 51.0 Å². The number of nitrogens with one attached hydrogen (secondary N) is 1. The van der Waals surface area contributed by atoms with Gasteiger partial charge in [0.1, 0.15) is 0 Å². The van der Waals surface area contributed by atoms with Crippen molar-refractivity contribution in [2.45, 2.75) is 33.7 Å². The van der Waals surface area contributed by atoms with Crippen molar-refractivity contribution < 1.29 is 0 Å². The summed E-state index contributed by atoms with van der Waals surface area (Å²) in [5.74, 6) is 0. The first-order valence-corrected chi connectivity index (χ1v) is 4.43. The average molecular weight is 163 g/mol. The quantitative estimate of drug-likeness (QED) is 0.706. The zero-order valence-electron chi connectivity index (χ0n) is 8.31. The molecule has 0 amide bonds. The van der Waals surface area contributed by atoms with E-state index in [9.17, 15) is 0 Å². The van der Waals surface area contributed by atoms with Gasteiger partial charge in [0.15, 0.2) is 0 Å². The lowest BCUT2D eigenvalue weighted by atomic mass is 10.1. The topological polar surface area (TPSA) is 12.0 Å². The van der Waals surface area contributed by atoms with Gasteiger partial charge in [-0.3, -0.25) is 0 Å². The third kappa shape index (κ3) is 2.57. The first-order valence-electron chi connectivity index (χ1n) is 4.43. The van der Waals surface area contributed by atoms with Crippen LogP contribution < -0.4 is 5.32 Å². The summed E-state index contributed by atoms with van der Waals surface area (Å²) in [4.78, 5) is 0. The molecule has 0 aliphatic rings. The van der Waals surface area contributed by atoms with Crippen LogP contribution in [0.1, 0.15) is 25.0 Å². The molecule has 0 bridgehead atoms. The van der Waals surface area contributed by atoms with Gasteiger partial charge >= 0.3 is 0 Å². The van der Waals surface area contributed by atoms with Crippen molar-refractivity contribution in [2.75, 3.05) is 5.32 Å². The minimum absolute atomic E-state index is 0.506. The molecule has 0 aliphatic heterocycles. The van der Waals surface area contributed by atoms with Gasteiger partial charge < -0.3 is 5.32 Å². The monoisotopic (exact) mass is 163 g/mol. The van der Waals surface area contributed by atoms with Crippen LogP contribution in [0.5, 0.6) is 0 Å². The zero-order chi connectivity index (χ0) is 9.14. The van der Waals surface area contributed by atoms with Gasteiger partial charge in [0.25, 0.3) is 0 Å². The molecule has 0 unspecified atom stereocenters. The summed E-state index contributed by atoms with van der Waals surface area (Å²) in [6.07, 6.45) is 0. The van der Waals surface area contributed by atoms with E-state index >= 15 is 0 Å². The molecular weight excluding hydrogens is 146 g/mol. The number of rotatable bonds is 2. The molecule has 66 valence electrons.